The van der Waals surface area contributed by atoms with E-state index in [0.29, 0.717) is 35.6 Å². The first-order valence-corrected chi connectivity index (χ1v) is 10.00. The minimum Gasteiger partial charge on any atom is -0.507 e. The van der Waals surface area contributed by atoms with E-state index in [1.807, 2.05) is 19.9 Å². The van der Waals surface area contributed by atoms with Gasteiger partial charge in [-0.25, -0.2) is 0 Å². The van der Waals surface area contributed by atoms with Crippen molar-refractivity contribution in [1.82, 2.24) is 4.90 Å². The number of amides is 1. The maximum atomic E-state index is 13.0. The van der Waals surface area contributed by atoms with Crippen LogP contribution < -0.4 is 9.47 Å². The number of aliphatic hydroxyl groups excluding tert-OH is 1. The number of hydrogen-bond acceptors (Lipinski definition) is 6. The van der Waals surface area contributed by atoms with Crippen molar-refractivity contribution in [3.05, 3.63) is 64.7 Å². The SMILES string of the molecule is CCCN1C(=O)C(=O)/C(=C(/O)c2cc(C)ccc2OC)C1c1cccc(OC(C)=O)c1. The van der Waals surface area contributed by atoms with Crippen LogP contribution in [0.1, 0.15) is 43.0 Å². The van der Waals surface area contributed by atoms with Crippen LogP contribution in [0.2, 0.25) is 0 Å². The fraction of sp³-hybridized carbons (Fsp3) is 0.292. The number of rotatable bonds is 6. The van der Waals surface area contributed by atoms with E-state index < -0.39 is 23.7 Å². The van der Waals surface area contributed by atoms with E-state index in [0.717, 1.165) is 5.56 Å². The van der Waals surface area contributed by atoms with Gasteiger partial charge in [0.25, 0.3) is 11.7 Å². The average Bonchev–Trinajstić information content (AvgIpc) is 2.98. The number of ether oxygens (including phenoxy) is 2. The van der Waals surface area contributed by atoms with Crippen LogP contribution in [0.25, 0.3) is 5.76 Å². The Bertz CT molecular complexity index is 1070. The number of benzene rings is 2. The van der Waals surface area contributed by atoms with Crippen molar-refractivity contribution in [1.29, 1.82) is 0 Å². The Morgan fingerprint density at radius 3 is 2.55 bits per heavy atom. The lowest BCUT2D eigenvalue weighted by atomic mass is 9.94. The van der Waals surface area contributed by atoms with Crippen LogP contribution in [0.4, 0.5) is 0 Å². The molecule has 3 rings (SSSR count). The molecule has 1 aliphatic rings. The van der Waals surface area contributed by atoms with E-state index in [1.165, 1.54) is 18.9 Å². The summed E-state index contributed by atoms with van der Waals surface area (Å²) in [5.41, 5.74) is 1.72. The number of carbonyl (C=O) groups is 3. The van der Waals surface area contributed by atoms with Crippen molar-refractivity contribution >= 4 is 23.4 Å². The summed E-state index contributed by atoms with van der Waals surface area (Å²) in [6.45, 7) is 5.37. The fourth-order valence-electron chi connectivity index (χ4n) is 3.76. The normalized spacial score (nSPS) is 17.7. The second-order valence-electron chi connectivity index (χ2n) is 7.36. The molecule has 0 aliphatic carbocycles. The van der Waals surface area contributed by atoms with Gasteiger partial charge in [-0.15, -0.1) is 0 Å². The highest BCUT2D eigenvalue weighted by Gasteiger charge is 2.46. The fourth-order valence-corrected chi connectivity index (χ4v) is 3.76. The zero-order valence-corrected chi connectivity index (χ0v) is 18.0. The van der Waals surface area contributed by atoms with Gasteiger partial charge in [0.05, 0.1) is 24.3 Å². The Labute approximate surface area is 180 Å². The molecule has 0 radical (unpaired) electrons. The Kier molecular flexibility index (Phi) is 6.44. The third-order valence-corrected chi connectivity index (χ3v) is 5.05. The molecule has 1 amide bonds. The average molecular weight is 423 g/mol. The number of methoxy groups -OCH3 is 1. The number of carbonyl (C=O) groups excluding carboxylic acids is 3. The molecule has 1 N–H and O–H groups in total. The summed E-state index contributed by atoms with van der Waals surface area (Å²) in [5, 5.41) is 11.2. The molecule has 1 fully saturated rings. The Balaban J connectivity index is 2.23. The first kappa shape index (κ1) is 22.1. The highest BCUT2D eigenvalue weighted by molar-refractivity contribution is 6.46. The molecule has 0 saturated carbocycles. The molecule has 0 aromatic heterocycles. The monoisotopic (exact) mass is 423 g/mol. The van der Waals surface area contributed by atoms with Gasteiger partial charge in [-0.3, -0.25) is 14.4 Å². The molecule has 1 heterocycles. The molecular formula is C24H25NO6. The number of likely N-dealkylation sites (tertiary alicyclic amines) is 1. The number of esters is 1. The smallest absolute Gasteiger partial charge is 0.308 e. The summed E-state index contributed by atoms with van der Waals surface area (Å²) < 4.78 is 10.5. The summed E-state index contributed by atoms with van der Waals surface area (Å²) in [7, 11) is 1.47. The van der Waals surface area contributed by atoms with Crippen LogP contribution >= 0.6 is 0 Å². The van der Waals surface area contributed by atoms with Crippen molar-refractivity contribution in [2.24, 2.45) is 0 Å². The van der Waals surface area contributed by atoms with Gasteiger partial charge in [-0.05, 0) is 43.2 Å². The van der Waals surface area contributed by atoms with Crippen LogP contribution in [0.5, 0.6) is 11.5 Å². The van der Waals surface area contributed by atoms with Gasteiger partial charge in [0, 0.05) is 13.5 Å². The van der Waals surface area contributed by atoms with Crippen molar-refractivity contribution in [2.75, 3.05) is 13.7 Å². The number of Topliss-reactive ketones (excluding diaryl/α,β-unsaturated/α-hetero) is 1. The zero-order chi connectivity index (χ0) is 22.7. The van der Waals surface area contributed by atoms with Gasteiger partial charge >= 0.3 is 5.97 Å². The van der Waals surface area contributed by atoms with Gasteiger partial charge in [0.15, 0.2) is 0 Å². The number of hydrogen-bond donors (Lipinski definition) is 1. The lowest BCUT2D eigenvalue weighted by Gasteiger charge is -2.25. The number of ketones is 1. The third kappa shape index (κ3) is 4.30. The van der Waals surface area contributed by atoms with Gasteiger partial charge < -0.3 is 19.5 Å². The molecule has 162 valence electrons. The molecule has 1 aliphatic heterocycles. The summed E-state index contributed by atoms with van der Waals surface area (Å²) in [4.78, 5) is 38.6. The lowest BCUT2D eigenvalue weighted by Crippen LogP contribution is -2.30. The van der Waals surface area contributed by atoms with Crippen molar-refractivity contribution in [2.45, 2.75) is 33.2 Å². The second kappa shape index (κ2) is 9.04. The van der Waals surface area contributed by atoms with Crippen molar-refractivity contribution in [3.63, 3.8) is 0 Å². The number of aliphatic hydroxyl groups is 1. The first-order chi connectivity index (χ1) is 14.8. The van der Waals surface area contributed by atoms with E-state index in [-0.39, 0.29) is 11.3 Å². The Morgan fingerprint density at radius 2 is 1.90 bits per heavy atom. The Morgan fingerprint density at radius 1 is 1.16 bits per heavy atom. The summed E-state index contributed by atoms with van der Waals surface area (Å²) in [5.74, 6) is -1.56. The highest BCUT2D eigenvalue weighted by atomic mass is 16.5. The zero-order valence-electron chi connectivity index (χ0n) is 18.0. The molecule has 2 aromatic carbocycles. The van der Waals surface area contributed by atoms with Gasteiger partial charge in [0.1, 0.15) is 17.3 Å². The maximum absolute atomic E-state index is 13.0. The van der Waals surface area contributed by atoms with Crippen LogP contribution in [0, 0.1) is 6.92 Å². The molecule has 2 aromatic rings. The van der Waals surface area contributed by atoms with E-state index in [9.17, 15) is 19.5 Å². The number of aryl methyl sites for hydroxylation is 1. The summed E-state index contributed by atoms with van der Waals surface area (Å²) >= 11 is 0. The Hall–Kier alpha value is -3.61. The topological polar surface area (TPSA) is 93.1 Å². The first-order valence-electron chi connectivity index (χ1n) is 10.00. The van der Waals surface area contributed by atoms with Crippen LogP contribution in [0.15, 0.2) is 48.0 Å². The molecule has 1 atom stereocenters. The maximum Gasteiger partial charge on any atom is 0.308 e. The molecule has 7 nitrogen and oxygen atoms in total. The van der Waals surface area contributed by atoms with Gasteiger partial charge in [-0.1, -0.05) is 30.7 Å². The second-order valence-corrected chi connectivity index (χ2v) is 7.36. The number of nitrogens with zero attached hydrogens (tertiary/aromatic N) is 1. The minimum atomic E-state index is -0.819. The van der Waals surface area contributed by atoms with Crippen LogP contribution in [0.3, 0.4) is 0 Å². The molecule has 1 unspecified atom stereocenters. The van der Waals surface area contributed by atoms with E-state index >= 15 is 0 Å². The summed E-state index contributed by atoms with van der Waals surface area (Å²) in [6, 6.07) is 11.0. The predicted molar refractivity (Wildman–Crippen MR) is 115 cm³/mol. The molecule has 7 heteroatoms. The largest absolute Gasteiger partial charge is 0.507 e. The minimum absolute atomic E-state index is 0.0256. The van der Waals surface area contributed by atoms with E-state index in [2.05, 4.69) is 0 Å². The highest BCUT2D eigenvalue weighted by Crippen LogP contribution is 2.41. The quantitative estimate of drug-likeness (QED) is 0.250. The third-order valence-electron chi connectivity index (χ3n) is 5.05. The van der Waals surface area contributed by atoms with Crippen molar-refractivity contribution < 1.29 is 29.0 Å². The van der Waals surface area contributed by atoms with Crippen LogP contribution in [-0.2, 0) is 14.4 Å². The van der Waals surface area contributed by atoms with E-state index in [1.54, 1.807) is 36.4 Å². The molecule has 31 heavy (non-hydrogen) atoms. The molecule has 0 bridgehead atoms. The predicted octanol–water partition coefficient (Wildman–Crippen LogP) is 3.76. The molecular weight excluding hydrogens is 398 g/mol. The van der Waals surface area contributed by atoms with Crippen molar-refractivity contribution in [3.8, 4) is 11.5 Å². The lowest BCUT2D eigenvalue weighted by molar-refractivity contribution is -0.139. The summed E-state index contributed by atoms with van der Waals surface area (Å²) in [6.07, 6.45) is 0.626. The van der Waals surface area contributed by atoms with E-state index in [4.69, 9.17) is 9.47 Å². The standard InChI is InChI=1S/C24H25NO6/c1-5-11-25-21(16-7-6-8-17(13-16)31-15(3)26)20(23(28)24(25)29)22(27)18-12-14(2)9-10-19(18)30-4/h6-10,12-13,21,27H,5,11H2,1-4H3/b22-20+. The molecule has 0 spiro atoms. The van der Waals surface area contributed by atoms with Gasteiger partial charge in [-0.2, -0.15) is 0 Å². The van der Waals surface area contributed by atoms with Gasteiger partial charge in [0.2, 0.25) is 0 Å². The van der Waals surface area contributed by atoms with Crippen LogP contribution in [-0.4, -0.2) is 41.3 Å². The molecule has 1 saturated heterocycles.